The van der Waals surface area contributed by atoms with Gasteiger partial charge in [0, 0.05) is 11.1 Å². The molecule has 1 aromatic rings. The van der Waals surface area contributed by atoms with Crippen LogP contribution >= 0.6 is 11.6 Å². The van der Waals surface area contributed by atoms with Crippen molar-refractivity contribution < 1.29 is 0 Å². The topological polar surface area (TPSA) is 12.0 Å². The van der Waals surface area contributed by atoms with Gasteiger partial charge < -0.3 is 5.32 Å². The van der Waals surface area contributed by atoms with Gasteiger partial charge in [-0.2, -0.15) is 0 Å². The first kappa shape index (κ1) is 14.5. The van der Waals surface area contributed by atoms with Crippen LogP contribution in [0.15, 0.2) is 24.3 Å². The van der Waals surface area contributed by atoms with Crippen molar-refractivity contribution in [3.63, 3.8) is 0 Å². The maximum Gasteiger partial charge on any atom is 0.0406 e. The van der Waals surface area contributed by atoms with Gasteiger partial charge in [-0.15, -0.1) is 0 Å². The van der Waals surface area contributed by atoms with Crippen LogP contribution in [0.2, 0.25) is 5.02 Å². The third-order valence-corrected chi connectivity index (χ3v) is 3.70. The third kappa shape index (κ3) is 4.69. The summed E-state index contributed by atoms with van der Waals surface area (Å²) in [6.07, 6.45) is 3.57. The summed E-state index contributed by atoms with van der Waals surface area (Å²) in [7, 11) is 0. The van der Waals surface area contributed by atoms with Crippen molar-refractivity contribution >= 4 is 11.6 Å². The second-order valence-corrected chi connectivity index (χ2v) is 5.01. The van der Waals surface area contributed by atoms with Crippen LogP contribution in [0.25, 0.3) is 0 Å². The number of hydrogen-bond acceptors (Lipinski definition) is 1. The summed E-state index contributed by atoms with van der Waals surface area (Å²) in [6, 6.07) is 8.81. The first-order valence-electron chi connectivity index (χ1n) is 6.69. The van der Waals surface area contributed by atoms with E-state index >= 15 is 0 Å². The highest BCUT2D eigenvalue weighted by Gasteiger charge is 2.17. The second kappa shape index (κ2) is 7.73. The van der Waals surface area contributed by atoms with Crippen LogP contribution in [0.3, 0.4) is 0 Å². The summed E-state index contributed by atoms with van der Waals surface area (Å²) < 4.78 is 0. The van der Waals surface area contributed by atoms with Crippen molar-refractivity contribution in [3.05, 3.63) is 34.9 Å². The molecule has 0 fully saturated rings. The zero-order valence-electron chi connectivity index (χ0n) is 11.2. The molecule has 0 aromatic heterocycles. The molecule has 1 nitrogen and oxygen atoms in total. The summed E-state index contributed by atoms with van der Waals surface area (Å²) in [5, 5.41) is 4.43. The van der Waals surface area contributed by atoms with Crippen molar-refractivity contribution in [2.45, 2.75) is 46.1 Å². The smallest absolute Gasteiger partial charge is 0.0406 e. The molecule has 0 saturated carbocycles. The summed E-state index contributed by atoms with van der Waals surface area (Å²) in [5.41, 5.74) is 1.37. The van der Waals surface area contributed by atoms with Gasteiger partial charge >= 0.3 is 0 Å². The molecule has 0 aliphatic rings. The number of benzene rings is 1. The van der Waals surface area contributed by atoms with Gasteiger partial charge in [0.05, 0.1) is 0 Å². The fourth-order valence-electron chi connectivity index (χ4n) is 2.40. The lowest BCUT2D eigenvalue weighted by molar-refractivity contribution is 0.337. The highest BCUT2D eigenvalue weighted by molar-refractivity contribution is 6.30. The molecule has 1 aromatic carbocycles. The molecule has 0 aliphatic carbocycles. The van der Waals surface area contributed by atoms with Crippen LogP contribution in [0.4, 0.5) is 0 Å². The number of nitrogens with one attached hydrogen (secondary N) is 1. The Hall–Kier alpha value is -0.530. The van der Waals surface area contributed by atoms with E-state index in [-0.39, 0.29) is 0 Å². The summed E-state index contributed by atoms with van der Waals surface area (Å²) >= 11 is 5.91. The van der Waals surface area contributed by atoms with Gasteiger partial charge in [-0.05, 0) is 36.6 Å². The van der Waals surface area contributed by atoms with Gasteiger partial charge in [-0.1, -0.05) is 57.3 Å². The molecule has 96 valence electrons. The van der Waals surface area contributed by atoms with E-state index in [9.17, 15) is 0 Å². The third-order valence-electron chi connectivity index (χ3n) is 3.45. The lowest BCUT2D eigenvalue weighted by Gasteiger charge is -2.26. The maximum absolute atomic E-state index is 5.91. The Balaban J connectivity index is 2.68. The Morgan fingerprint density at radius 1 is 1.06 bits per heavy atom. The minimum atomic E-state index is 0.580. The lowest BCUT2D eigenvalue weighted by atomic mass is 9.89. The Labute approximate surface area is 111 Å². The summed E-state index contributed by atoms with van der Waals surface area (Å²) in [6.45, 7) is 7.77. The monoisotopic (exact) mass is 253 g/mol. The molecule has 0 heterocycles. The van der Waals surface area contributed by atoms with E-state index in [1.54, 1.807) is 0 Å². The molecule has 0 amide bonds. The van der Waals surface area contributed by atoms with E-state index in [0.29, 0.717) is 6.04 Å². The molecule has 0 spiro atoms. The molecular formula is C15H24ClN. The van der Waals surface area contributed by atoms with E-state index in [1.165, 1.54) is 18.4 Å². The van der Waals surface area contributed by atoms with Gasteiger partial charge in [0.2, 0.25) is 0 Å². The van der Waals surface area contributed by atoms with Gasteiger partial charge in [0.1, 0.15) is 0 Å². The van der Waals surface area contributed by atoms with Crippen LogP contribution < -0.4 is 5.32 Å². The van der Waals surface area contributed by atoms with Crippen LogP contribution in [0.5, 0.6) is 0 Å². The molecule has 0 bridgehead atoms. The van der Waals surface area contributed by atoms with Crippen molar-refractivity contribution in [3.8, 4) is 0 Å². The molecule has 0 aliphatic heterocycles. The van der Waals surface area contributed by atoms with Gasteiger partial charge in [-0.25, -0.2) is 0 Å². The molecule has 17 heavy (non-hydrogen) atoms. The first-order valence-corrected chi connectivity index (χ1v) is 7.06. The molecule has 1 atom stereocenters. The molecule has 0 saturated heterocycles. The number of rotatable bonds is 7. The van der Waals surface area contributed by atoms with E-state index < -0.39 is 0 Å². The molecule has 1 N–H and O–H groups in total. The molecular weight excluding hydrogens is 230 g/mol. The van der Waals surface area contributed by atoms with Crippen LogP contribution in [0, 0.1) is 5.92 Å². The Morgan fingerprint density at radius 3 is 2.12 bits per heavy atom. The van der Waals surface area contributed by atoms with Gasteiger partial charge in [-0.3, -0.25) is 0 Å². The highest BCUT2D eigenvalue weighted by atomic mass is 35.5. The van der Waals surface area contributed by atoms with Crippen molar-refractivity contribution in [2.75, 3.05) is 6.54 Å². The number of likely N-dealkylation sites (N-methyl/N-ethyl adjacent to an activating group) is 1. The minimum absolute atomic E-state index is 0.580. The van der Waals surface area contributed by atoms with E-state index in [4.69, 9.17) is 11.6 Å². The van der Waals surface area contributed by atoms with Crippen LogP contribution in [-0.4, -0.2) is 12.6 Å². The standard InChI is InChI=1S/C15H24ClN/c1-4-13(5-2)15(17-6-3)11-12-7-9-14(16)10-8-12/h7-10,13,15,17H,4-6,11H2,1-3H3. The number of hydrogen-bond donors (Lipinski definition) is 1. The van der Waals surface area contributed by atoms with Crippen LogP contribution in [-0.2, 0) is 6.42 Å². The van der Waals surface area contributed by atoms with Crippen LogP contribution in [0.1, 0.15) is 39.2 Å². The summed E-state index contributed by atoms with van der Waals surface area (Å²) in [4.78, 5) is 0. The fraction of sp³-hybridized carbons (Fsp3) is 0.600. The SMILES string of the molecule is CCNC(Cc1ccc(Cl)cc1)C(CC)CC. The minimum Gasteiger partial charge on any atom is -0.314 e. The van der Waals surface area contributed by atoms with E-state index in [1.807, 2.05) is 12.1 Å². The quantitative estimate of drug-likeness (QED) is 0.764. The lowest BCUT2D eigenvalue weighted by Crippen LogP contribution is -2.37. The van der Waals surface area contributed by atoms with Gasteiger partial charge in [0.15, 0.2) is 0 Å². The average molecular weight is 254 g/mol. The Bertz CT molecular complexity index is 303. The Morgan fingerprint density at radius 2 is 1.65 bits per heavy atom. The molecule has 2 heteroatoms. The zero-order chi connectivity index (χ0) is 12.7. The predicted molar refractivity (Wildman–Crippen MR) is 76.7 cm³/mol. The number of halogens is 1. The molecule has 1 rings (SSSR count). The maximum atomic E-state index is 5.91. The van der Waals surface area contributed by atoms with Crippen molar-refractivity contribution in [2.24, 2.45) is 5.92 Å². The predicted octanol–water partition coefficient (Wildman–Crippen LogP) is 4.30. The fourth-order valence-corrected chi connectivity index (χ4v) is 2.53. The van der Waals surface area contributed by atoms with E-state index in [0.717, 1.165) is 23.9 Å². The largest absolute Gasteiger partial charge is 0.314 e. The second-order valence-electron chi connectivity index (χ2n) is 4.57. The summed E-state index contributed by atoms with van der Waals surface area (Å²) in [5.74, 6) is 0.755. The Kier molecular flexibility index (Phi) is 6.61. The zero-order valence-corrected chi connectivity index (χ0v) is 11.9. The average Bonchev–Trinajstić information content (AvgIpc) is 2.34. The first-order chi connectivity index (χ1) is 8.21. The van der Waals surface area contributed by atoms with Crippen molar-refractivity contribution in [1.29, 1.82) is 0 Å². The van der Waals surface area contributed by atoms with E-state index in [2.05, 4.69) is 38.2 Å². The molecule has 0 radical (unpaired) electrons. The van der Waals surface area contributed by atoms with Gasteiger partial charge in [0.25, 0.3) is 0 Å². The highest BCUT2D eigenvalue weighted by Crippen LogP contribution is 2.18. The van der Waals surface area contributed by atoms with Crippen molar-refractivity contribution in [1.82, 2.24) is 5.32 Å². The molecule has 1 unspecified atom stereocenters. The normalized spacial score (nSPS) is 13.0.